The number of nitrogens with zero attached hydrogens (tertiary/aromatic N) is 1. The molecule has 0 aliphatic carbocycles. The van der Waals surface area contributed by atoms with Gasteiger partial charge in [0, 0.05) is 12.3 Å². The Balaban J connectivity index is 2.22. The Labute approximate surface area is 112 Å². The van der Waals surface area contributed by atoms with Crippen molar-refractivity contribution >= 4 is 17.3 Å². The van der Waals surface area contributed by atoms with Crippen LogP contribution in [0.4, 0.5) is 14.5 Å². The Morgan fingerprint density at radius 1 is 1.42 bits per heavy atom. The van der Waals surface area contributed by atoms with Gasteiger partial charge in [0.25, 0.3) is 0 Å². The Morgan fingerprint density at radius 3 is 2.74 bits per heavy atom. The van der Waals surface area contributed by atoms with Crippen LogP contribution in [0.2, 0.25) is 5.02 Å². The number of hydrogen-bond acceptors (Lipinski definition) is 6. The first-order valence-electron chi connectivity index (χ1n) is 5.18. The molecule has 19 heavy (non-hydrogen) atoms. The van der Waals surface area contributed by atoms with E-state index in [-0.39, 0.29) is 10.8 Å². The molecule has 0 aromatic heterocycles. The second kappa shape index (κ2) is 5.57. The molecule has 0 amide bonds. The summed E-state index contributed by atoms with van der Waals surface area (Å²) >= 11 is 5.74. The summed E-state index contributed by atoms with van der Waals surface area (Å²) < 4.78 is 28.7. The number of benzene rings is 1. The van der Waals surface area contributed by atoms with Gasteiger partial charge in [0.1, 0.15) is 12.0 Å². The van der Waals surface area contributed by atoms with E-state index < -0.39 is 12.8 Å². The highest BCUT2D eigenvalue weighted by molar-refractivity contribution is 6.32. The van der Waals surface area contributed by atoms with Gasteiger partial charge < -0.3 is 21.0 Å². The van der Waals surface area contributed by atoms with Crippen LogP contribution in [0, 0.1) is 0 Å². The SMILES string of the molecule is N[C@H](O)C1=CN(c2ccc(Cl)c(OC(F)F)c2)NN1. The zero-order valence-corrected chi connectivity index (χ0v) is 10.2. The minimum atomic E-state index is -2.96. The average molecular weight is 293 g/mol. The molecule has 5 N–H and O–H groups in total. The van der Waals surface area contributed by atoms with Crippen molar-refractivity contribution in [2.45, 2.75) is 12.8 Å². The van der Waals surface area contributed by atoms with Gasteiger partial charge in [-0.2, -0.15) is 8.78 Å². The van der Waals surface area contributed by atoms with E-state index in [0.717, 1.165) is 0 Å². The van der Waals surface area contributed by atoms with Crippen LogP contribution < -0.4 is 26.4 Å². The molecule has 2 rings (SSSR count). The van der Waals surface area contributed by atoms with Crippen LogP contribution in [-0.2, 0) is 0 Å². The van der Waals surface area contributed by atoms with E-state index in [1.807, 2.05) is 0 Å². The number of nitrogens with one attached hydrogen (secondary N) is 2. The molecule has 0 radical (unpaired) electrons. The third-order valence-corrected chi connectivity index (χ3v) is 2.63. The molecule has 1 heterocycles. The topological polar surface area (TPSA) is 82.8 Å². The van der Waals surface area contributed by atoms with Crippen molar-refractivity contribution in [3.05, 3.63) is 35.1 Å². The molecule has 6 nitrogen and oxygen atoms in total. The molecule has 0 saturated carbocycles. The minimum Gasteiger partial charge on any atom is -0.433 e. The van der Waals surface area contributed by atoms with Crippen molar-refractivity contribution in [1.82, 2.24) is 11.0 Å². The highest BCUT2D eigenvalue weighted by Gasteiger charge is 2.18. The summed E-state index contributed by atoms with van der Waals surface area (Å²) in [4.78, 5) is 0. The summed E-state index contributed by atoms with van der Waals surface area (Å²) in [6.45, 7) is -2.96. The minimum absolute atomic E-state index is 0.0688. The molecular formula is C10H11ClF2N4O2. The van der Waals surface area contributed by atoms with Crippen LogP contribution in [0.25, 0.3) is 0 Å². The van der Waals surface area contributed by atoms with E-state index in [0.29, 0.717) is 11.4 Å². The lowest BCUT2D eigenvalue weighted by Gasteiger charge is -2.16. The van der Waals surface area contributed by atoms with Crippen LogP contribution in [-0.4, -0.2) is 17.9 Å². The smallest absolute Gasteiger partial charge is 0.387 e. The van der Waals surface area contributed by atoms with Crippen molar-refractivity contribution in [1.29, 1.82) is 0 Å². The summed E-state index contributed by atoms with van der Waals surface area (Å²) in [7, 11) is 0. The van der Waals surface area contributed by atoms with Gasteiger partial charge in [-0.1, -0.05) is 11.6 Å². The first-order valence-corrected chi connectivity index (χ1v) is 5.56. The van der Waals surface area contributed by atoms with Crippen LogP contribution in [0.3, 0.4) is 0 Å². The summed E-state index contributed by atoms with van der Waals surface area (Å²) in [5.41, 5.74) is 11.4. The van der Waals surface area contributed by atoms with Crippen LogP contribution in [0.5, 0.6) is 5.75 Å². The molecule has 0 saturated heterocycles. The molecule has 1 aromatic carbocycles. The maximum Gasteiger partial charge on any atom is 0.387 e. The quantitative estimate of drug-likeness (QED) is 0.617. The highest BCUT2D eigenvalue weighted by atomic mass is 35.5. The molecule has 1 aliphatic rings. The summed E-state index contributed by atoms with van der Waals surface area (Å²) in [6, 6.07) is 4.32. The number of halogens is 3. The third-order valence-electron chi connectivity index (χ3n) is 2.32. The number of aliphatic hydroxyl groups is 1. The first-order chi connectivity index (χ1) is 8.97. The summed E-state index contributed by atoms with van der Waals surface area (Å²) in [5.74, 6) is -0.147. The zero-order chi connectivity index (χ0) is 14.0. The molecule has 1 aliphatic heterocycles. The van der Waals surface area contributed by atoms with Crippen molar-refractivity contribution < 1.29 is 18.6 Å². The van der Waals surface area contributed by atoms with Gasteiger partial charge >= 0.3 is 6.61 Å². The number of hydrazine groups is 2. The van der Waals surface area contributed by atoms with E-state index in [4.69, 9.17) is 22.4 Å². The number of aliphatic hydroxyl groups excluding tert-OH is 1. The fraction of sp³-hybridized carbons (Fsp3) is 0.200. The number of ether oxygens (including phenoxy) is 1. The number of nitrogens with two attached hydrogens (primary N) is 1. The van der Waals surface area contributed by atoms with Crippen LogP contribution in [0.1, 0.15) is 0 Å². The predicted molar refractivity (Wildman–Crippen MR) is 65.1 cm³/mol. The fourth-order valence-electron chi connectivity index (χ4n) is 1.45. The van der Waals surface area contributed by atoms with Crippen molar-refractivity contribution in [2.75, 3.05) is 5.01 Å². The molecule has 1 atom stereocenters. The molecule has 0 bridgehead atoms. The number of rotatable bonds is 4. The van der Waals surface area contributed by atoms with Crippen molar-refractivity contribution in [3.8, 4) is 5.75 Å². The summed E-state index contributed by atoms with van der Waals surface area (Å²) in [5, 5.41) is 10.7. The Bertz CT molecular complexity index is 498. The first kappa shape index (κ1) is 13.8. The number of alkyl halides is 2. The van der Waals surface area contributed by atoms with Gasteiger partial charge in [0.05, 0.1) is 16.4 Å². The standard InChI is InChI=1S/C10H11ClF2N4O2/c11-6-2-1-5(3-8(6)19-10(12)13)17-4-7(9(14)18)15-16-17/h1-4,9-10,15-16,18H,14H2/t9-/m1/s1. The van der Waals surface area contributed by atoms with Gasteiger partial charge in [-0.05, 0) is 12.1 Å². The average Bonchev–Trinajstić information content (AvgIpc) is 2.81. The fourth-order valence-corrected chi connectivity index (χ4v) is 1.61. The largest absolute Gasteiger partial charge is 0.433 e. The molecule has 1 aromatic rings. The lowest BCUT2D eigenvalue weighted by molar-refractivity contribution is -0.0497. The van der Waals surface area contributed by atoms with E-state index in [1.54, 1.807) is 6.07 Å². The Hall–Kier alpha value is -1.61. The lowest BCUT2D eigenvalue weighted by Crippen LogP contribution is -2.39. The lowest BCUT2D eigenvalue weighted by atomic mass is 10.3. The normalized spacial score (nSPS) is 16.3. The van der Waals surface area contributed by atoms with E-state index in [9.17, 15) is 8.78 Å². The molecular weight excluding hydrogens is 282 g/mol. The molecule has 104 valence electrons. The van der Waals surface area contributed by atoms with Gasteiger partial charge in [-0.25, -0.2) is 0 Å². The molecule has 9 heteroatoms. The van der Waals surface area contributed by atoms with Crippen molar-refractivity contribution in [2.24, 2.45) is 5.73 Å². The molecule has 0 fully saturated rings. The van der Waals surface area contributed by atoms with Crippen LogP contribution >= 0.6 is 11.6 Å². The number of anilines is 1. The van der Waals surface area contributed by atoms with Crippen molar-refractivity contribution in [3.63, 3.8) is 0 Å². The molecule has 0 spiro atoms. The second-order valence-corrected chi connectivity index (χ2v) is 4.04. The summed E-state index contributed by atoms with van der Waals surface area (Å²) in [6.07, 6.45) is 0.293. The van der Waals surface area contributed by atoms with Gasteiger partial charge in [-0.3, -0.25) is 5.01 Å². The van der Waals surface area contributed by atoms with E-state index in [1.165, 1.54) is 23.3 Å². The maximum absolute atomic E-state index is 12.2. The van der Waals surface area contributed by atoms with Gasteiger partial charge in [0.2, 0.25) is 0 Å². The third kappa shape index (κ3) is 3.24. The van der Waals surface area contributed by atoms with Gasteiger partial charge in [-0.15, -0.1) is 5.53 Å². The van der Waals surface area contributed by atoms with Gasteiger partial charge in [0.15, 0.2) is 0 Å². The maximum atomic E-state index is 12.2. The Morgan fingerprint density at radius 2 is 2.16 bits per heavy atom. The predicted octanol–water partition coefficient (Wildman–Crippen LogP) is 0.889. The molecule has 0 unspecified atom stereocenters. The van der Waals surface area contributed by atoms with Crippen LogP contribution in [0.15, 0.2) is 30.1 Å². The Kier molecular flexibility index (Phi) is 4.05. The second-order valence-electron chi connectivity index (χ2n) is 3.63. The number of hydrogen-bond donors (Lipinski definition) is 4. The monoisotopic (exact) mass is 292 g/mol. The van der Waals surface area contributed by atoms with E-state index in [2.05, 4.69) is 15.7 Å². The van der Waals surface area contributed by atoms with E-state index >= 15 is 0 Å². The zero-order valence-electron chi connectivity index (χ0n) is 9.48. The highest BCUT2D eigenvalue weighted by Crippen LogP contribution is 2.31.